The van der Waals surface area contributed by atoms with Gasteiger partial charge in [0.2, 0.25) is 0 Å². The Morgan fingerprint density at radius 2 is 1.29 bits per heavy atom. The van der Waals surface area contributed by atoms with Gasteiger partial charge in [0, 0.05) is 5.46 Å². The molecule has 2 aromatic rings. The topological polar surface area (TPSA) is 80.9 Å². The first-order valence-electron chi connectivity index (χ1n) is 6.36. The molecule has 0 amide bonds. The Morgan fingerprint density at radius 1 is 0.762 bits per heavy atom. The third kappa shape index (κ3) is 5.69. The van der Waals surface area contributed by atoms with Crippen molar-refractivity contribution in [2.24, 2.45) is 0 Å². The maximum atomic E-state index is 12.8. The number of benzene rings is 2. The summed E-state index contributed by atoms with van der Waals surface area (Å²) in [5.41, 5.74) is 2.32. The first kappa shape index (κ1) is 17.4. The second-order valence-corrected chi connectivity index (χ2v) is 4.68. The zero-order chi connectivity index (χ0) is 16.0. The molecule has 0 saturated carbocycles. The van der Waals surface area contributed by atoms with Gasteiger partial charge in [-0.25, -0.2) is 4.39 Å². The van der Waals surface area contributed by atoms with Crippen molar-refractivity contribution in [2.75, 3.05) is 0 Å². The largest absolute Gasteiger partial charge is 0.491 e. The van der Waals surface area contributed by atoms with Crippen LogP contribution >= 0.6 is 0 Å². The van der Waals surface area contributed by atoms with Gasteiger partial charge in [-0.3, -0.25) is 0 Å². The van der Waals surface area contributed by atoms with Crippen molar-refractivity contribution in [1.29, 1.82) is 0 Å². The molecule has 2 rings (SSSR count). The summed E-state index contributed by atoms with van der Waals surface area (Å²) in [6.45, 7) is 3.68. The molecular weight excluding hydrogens is 273 g/mol. The average molecular weight is 290 g/mol. The quantitative estimate of drug-likeness (QED) is 0.562. The fourth-order valence-electron chi connectivity index (χ4n) is 1.58. The van der Waals surface area contributed by atoms with E-state index < -0.39 is 20.1 Å². The SMILES string of the molecule is Cc1ccc(B(O)O)c(F)c1.Cc1ccc(B(O)O)cc1. The van der Waals surface area contributed by atoms with E-state index in [1.807, 2.05) is 19.1 Å². The molecule has 0 spiro atoms. The summed E-state index contributed by atoms with van der Waals surface area (Å²) in [5, 5.41) is 34.6. The van der Waals surface area contributed by atoms with Gasteiger partial charge in [0.05, 0.1) is 0 Å². The van der Waals surface area contributed by atoms with Crippen LogP contribution < -0.4 is 10.9 Å². The van der Waals surface area contributed by atoms with Gasteiger partial charge in [-0.15, -0.1) is 0 Å². The molecule has 0 atom stereocenters. The number of halogens is 1. The van der Waals surface area contributed by atoms with Crippen LogP contribution in [0.2, 0.25) is 0 Å². The predicted octanol–water partition coefficient (Wildman–Crippen LogP) is -0.511. The molecule has 110 valence electrons. The highest BCUT2D eigenvalue weighted by molar-refractivity contribution is 6.59. The van der Waals surface area contributed by atoms with Crippen LogP contribution in [0.4, 0.5) is 4.39 Å². The van der Waals surface area contributed by atoms with Gasteiger partial charge in [0.25, 0.3) is 0 Å². The van der Waals surface area contributed by atoms with E-state index in [9.17, 15) is 4.39 Å². The van der Waals surface area contributed by atoms with Crippen LogP contribution in [0.5, 0.6) is 0 Å². The lowest BCUT2D eigenvalue weighted by Crippen LogP contribution is -2.32. The van der Waals surface area contributed by atoms with Gasteiger partial charge in [-0.2, -0.15) is 0 Å². The Bertz CT molecular complexity index is 574. The number of aryl methyl sites for hydroxylation is 2. The molecule has 0 radical (unpaired) electrons. The van der Waals surface area contributed by atoms with E-state index in [1.54, 1.807) is 25.1 Å². The van der Waals surface area contributed by atoms with E-state index in [4.69, 9.17) is 20.1 Å². The Morgan fingerprint density at radius 3 is 1.71 bits per heavy atom. The second kappa shape index (κ2) is 7.95. The summed E-state index contributed by atoms with van der Waals surface area (Å²) in [5.74, 6) is -0.583. The average Bonchev–Trinajstić information content (AvgIpc) is 2.39. The van der Waals surface area contributed by atoms with E-state index in [-0.39, 0.29) is 5.46 Å². The maximum absolute atomic E-state index is 12.8. The van der Waals surface area contributed by atoms with E-state index in [2.05, 4.69) is 0 Å². The van der Waals surface area contributed by atoms with E-state index in [1.165, 1.54) is 12.1 Å². The summed E-state index contributed by atoms with van der Waals surface area (Å²) in [7, 11) is -3.07. The highest BCUT2D eigenvalue weighted by Crippen LogP contribution is 1.99. The normalized spacial score (nSPS) is 9.67. The minimum absolute atomic E-state index is 0.0874. The van der Waals surface area contributed by atoms with Gasteiger partial charge in [-0.05, 0) is 30.9 Å². The summed E-state index contributed by atoms with van der Waals surface area (Å²) >= 11 is 0. The van der Waals surface area contributed by atoms with E-state index >= 15 is 0 Å². The lowest BCUT2D eigenvalue weighted by molar-refractivity contribution is 0.422. The highest BCUT2D eigenvalue weighted by Gasteiger charge is 2.15. The van der Waals surface area contributed by atoms with Crippen molar-refractivity contribution >= 4 is 25.2 Å². The zero-order valence-electron chi connectivity index (χ0n) is 11.9. The van der Waals surface area contributed by atoms with E-state index in [0.29, 0.717) is 5.46 Å². The van der Waals surface area contributed by atoms with Crippen molar-refractivity contribution in [1.82, 2.24) is 0 Å². The third-order valence-corrected chi connectivity index (χ3v) is 2.81. The Kier molecular flexibility index (Phi) is 6.58. The van der Waals surface area contributed by atoms with Gasteiger partial charge >= 0.3 is 14.2 Å². The molecule has 21 heavy (non-hydrogen) atoms. The molecule has 4 nitrogen and oxygen atoms in total. The van der Waals surface area contributed by atoms with E-state index in [0.717, 1.165) is 11.1 Å². The first-order chi connectivity index (χ1) is 9.81. The fourth-order valence-corrected chi connectivity index (χ4v) is 1.58. The molecule has 0 unspecified atom stereocenters. The van der Waals surface area contributed by atoms with Crippen LogP contribution in [0.3, 0.4) is 0 Å². The smallest absolute Gasteiger partial charge is 0.423 e. The Labute approximate surface area is 123 Å². The van der Waals surface area contributed by atoms with Crippen LogP contribution in [0.1, 0.15) is 11.1 Å². The molecule has 0 aliphatic carbocycles. The lowest BCUT2D eigenvalue weighted by Gasteiger charge is -2.00. The molecule has 0 bridgehead atoms. The van der Waals surface area contributed by atoms with Crippen LogP contribution in [0.15, 0.2) is 42.5 Å². The van der Waals surface area contributed by atoms with Gasteiger partial charge in [0.1, 0.15) is 5.82 Å². The molecular formula is C14H17B2FO4. The van der Waals surface area contributed by atoms with Crippen molar-refractivity contribution in [3.05, 3.63) is 59.4 Å². The van der Waals surface area contributed by atoms with Gasteiger partial charge in [0.15, 0.2) is 0 Å². The molecule has 0 heterocycles. The molecule has 4 N–H and O–H groups in total. The Balaban J connectivity index is 0.000000211. The molecule has 0 aromatic heterocycles. The third-order valence-electron chi connectivity index (χ3n) is 2.81. The van der Waals surface area contributed by atoms with Crippen LogP contribution in [0.25, 0.3) is 0 Å². The first-order valence-corrected chi connectivity index (χ1v) is 6.36. The van der Waals surface area contributed by atoms with Crippen LogP contribution in [-0.2, 0) is 0 Å². The monoisotopic (exact) mass is 290 g/mol. The zero-order valence-corrected chi connectivity index (χ0v) is 11.9. The summed E-state index contributed by atoms with van der Waals surface area (Å²) in [6, 6.07) is 11.3. The number of rotatable bonds is 2. The molecule has 0 aliphatic rings. The molecule has 0 saturated heterocycles. The molecule has 0 fully saturated rings. The second-order valence-electron chi connectivity index (χ2n) is 4.68. The number of hydrogen-bond donors (Lipinski definition) is 4. The molecule has 7 heteroatoms. The van der Waals surface area contributed by atoms with Crippen molar-refractivity contribution < 1.29 is 24.5 Å². The lowest BCUT2D eigenvalue weighted by atomic mass is 9.79. The maximum Gasteiger partial charge on any atom is 0.491 e. The minimum Gasteiger partial charge on any atom is -0.423 e. The summed E-state index contributed by atoms with van der Waals surface area (Å²) in [6.07, 6.45) is 0. The van der Waals surface area contributed by atoms with Gasteiger partial charge in [-0.1, -0.05) is 42.0 Å². The highest BCUT2D eigenvalue weighted by atomic mass is 19.1. The van der Waals surface area contributed by atoms with Crippen molar-refractivity contribution in [2.45, 2.75) is 13.8 Å². The number of hydrogen-bond acceptors (Lipinski definition) is 4. The Hall–Kier alpha value is -1.66. The minimum atomic E-state index is -1.73. The summed E-state index contributed by atoms with van der Waals surface area (Å²) < 4.78 is 12.8. The van der Waals surface area contributed by atoms with Crippen LogP contribution in [-0.4, -0.2) is 34.3 Å². The van der Waals surface area contributed by atoms with Crippen LogP contribution in [0, 0.1) is 19.7 Å². The van der Waals surface area contributed by atoms with Crippen molar-refractivity contribution in [3.8, 4) is 0 Å². The standard InChI is InChI=1S/C7H8BFO2.C7H9BO2/c1-5-2-3-6(8(10)11)7(9)4-5;1-6-2-4-7(5-3-6)8(9)10/h2-4,10-11H,1H3;2-5,9-10H,1H3. The van der Waals surface area contributed by atoms with Crippen molar-refractivity contribution in [3.63, 3.8) is 0 Å². The fraction of sp³-hybridized carbons (Fsp3) is 0.143. The molecule has 2 aromatic carbocycles. The van der Waals surface area contributed by atoms with Gasteiger partial charge < -0.3 is 20.1 Å². The predicted molar refractivity (Wildman–Crippen MR) is 82.0 cm³/mol. The summed E-state index contributed by atoms with van der Waals surface area (Å²) in [4.78, 5) is 0. The molecule has 0 aliphatic heterocycles.